The van der Waals surface area contributed by atoms with Gasteiger partial charge in [0.15, 0.2) is 0 Å². The Morgan fingerprint density at radius 2 is 1.91 bits per heavy atom. The van der Waals surface area contributed by atoms with Crippen molar-refractivity contribution in [3.05, 3.63) is 92.8 Å². The SMILES string of the molecule is CCC1Cc2cncc(C#Cc3cc(NC(=O)c4ccc(Cl)cc4C)ccc3C)c2C=N1. The van der Waals surface area contributed by atoms with Crippen LogP contribution >= 0.6 is 11.6 Å². The summed E-state index contributed by atoms with van der Waals surface area (Å²) in [6.45, 7) is 6.02. The monoisotopic (exact) mass is 441 g/mol. The lowest BCUT2D eigenvalue weighted by Crippen LogP contribution is -2.15. The number of hydrogen-bond acceptors (Lipinski definition) is 3. The summed E-state index contributed by atoms with van der Waals surface area (Å²) in [6.07, 6.45) is 7.54. The second-order valence-electron chi connectivity index (χ2n) is 8.00. The Morgan fingerprint density at radius 3 is 2.69 bits per heavy atom. The van der Waals surface area contributed by atoms with Crippen LogP contribution in [0, 0.1) is 25.7 Å². The van der Waals surface area contributed by atoms with Crippen molar-refractivity contribution in [3.63, 3.8) is 0 Å². The molecule has 1 N–H and O–H groups in total. The third kappa shape index (κ3) is 4.74. The Morgan fingerprint density at radius 1 is 1.09 bits per heavy atom. The molecule has 32 heavy (non-hydrogen) atoms. The number of aliphatic imine (C=N–C) groups is 1. The summed E-state index contributed by atoms with van der Waals surface area (Å²) < 4.78 is 0. The van der Waals surface area contributed by atoms with Gasteiger partial charge in [-0.05, 0) is 73.7 Å². The van der Waals surface area contributed by atoms with Gasteiger partial charge >= 0.3 is 0 Å². The summed E-state index contributed by atoms with van der Waals surface area (Å²) in [7, 11) is 0. The van der Waals surface area contributed by atoms with Gasteiger partial charge in [0.1, 0.15) is 0 Å². The fourth-order valence-corrected chi connectivity index (χ4v) is 3.94. The molecule has 0 aliphatic carbocycles. The van der Waals surface area contributed by atoms with Crippen LogP contribution in [-0.4, -0.2) is 23.1 Å². The number of aryl methyl sites for hydroxylation is 2. The summed E-state index contributed by atoms with van der Waals surface area (Å²) >= 11 is 6.00. The van der Waals surface area contributed by atoms with Crippen LogP contribution in [0.1, 0.15) is 57.1 Å². The Labute approximate surface area is 193 Å². The average molecular weight is 442 g/mol. The number of aromatic nitrogens is 1. The number of anilines is 1. The molecule has 2 heterocycles. The highest BCUT2D eigenvalue weighted by Gasteiger charge is 2.16. The van der Waals surface area contributed by atoms with Gasteiger partial charge in [0, 0.05) is 46.0 Å². The van der Waals surface area contributed by atoms with Crippen LogP contribution < -0.4 is 5.32 Å². The van der Waals surface area contributed by atoms with Gasteiger partial charge in [0.05, 0.1) is 11.6 Å². The van der Waals surface area contributed by atoms with Crippen LogP contribution in [0.4, 0.5) is 5.69 Å². The van der Waals surface area contributed by atoms with Crippen molar-refractivity contribution in [2.45, 2.75) is 39.7 Å². The summed E-state index contributed by atoms with van der Waals surface area (Å²) in [6, 6.07) is 11.3. The number of hydrogen-bond donors (Lipinski definition) is 1. The molecule has 3 aromatic rings. The van der Waals surface area contributed by atoms with Crippen LogP contribution in [0.15, 0.2) is 53.8 Å². The zero-order valence-corrected chi connectivity index (χ0v) is 19.1. The molecule has 0 saturated carbocycles. The standard InChI is InChI=1S/C27H24ClN3O/c1-4-23-13-21-15-29-14-20(26(21)16-30-23)7-6-19-12-24(9-5-17(19)2)31-27(32)25-10-8-22(28)11-18(25)3/h5,8-12,14-16,23H,4,13H2,1-3H3,(H,31,32). The molecule has 2 aromatic carbocycles. The van der Waals surface area contributed by atoms with E-state index in [0.29, 0.717) is 22.3 Å². The van der Waals surface area contributed by atoms with Crippen molar-refractivity contribution < 1.29 is 4.79 Å². The van der Waals surface area contributed by atoms with Crippen molar-refractivity contribution in [3.8, 4) is 11.8 Å². The van der Waals surface area contributed by atoms with Crippen LogP contribution in [0.3, 0.4) is 0 Å². The molecule has 1 amide bonds. The maximum atomic E-state index is 12.7. The Bertz CT molecular complexity index is 1280. The highest BCUT2D eigenvalue weighted by Crippen LogP contribution is 2.21. The van der Waals surface area contributed by atoms with Crippen LogP contribution in [0.25, 0.3) is 0 Å². The van der Waals surface area contributed by atoms with Gasteiger partial charge in [0.2, 0.25) is 0 Å². The highest BCUT2D eigenvalue weighted by molar-refractivity contribution is 6.30. The quantitative estimate of drug-likeness (QED) is 0.525. The van der Waals surface area contributed by atoms with Crippen LogP contribution in [-0.2, 0) is 6.42 Å². The third-order valence-corrected chi connectivity index (χ3v) is 5.91. The number of rotatable bonds is 3. The van der Waals surface area contributed by atoms with E-state index in [9.17, 15) is 4.79 Å². The fourth-order valence-electron chi connectivity index (χ4n) is 3.71. The molecule has 1 aliphatic heterocycles. The van der Waals surface area contributed by atoms with Crippen molar-refractivity contribution in [2.24, 2.45) is 4.99 Å². The first-order valence-corrected chi connectivity index (χ1v) is 11.0. The molecule has 0 bridgehead atoms. The third-order valence-electron chi connectivity index (χ3n) is 5.67. The van der Waals surface area contributed by atoms with E-state index in [4.69, 9.17) is 11.6 Å². The lowest BCUT2D eigenvalue weighted by atomic mass is 9.95. The lowest BCUT2D eigenvalue weighted by molar-refractivity contribution is 0.102. The molecule has 1 unspecified atom stereocenters. The molecular formula is C27H24ClN3O. The highest BCUT2D eigenvalue weighted by atomic mass is 35.5. The van der Waals surface area contributed by atoms with Gasteiger partial charge in [-0.1, -0.05) is 36.4 Å². The Balaban J connectivity index is 1.59. The van der Waals surface area contributed by atoms with E-state index >= 15 is 0 Å². The number of benzene rings is 2. The fraction of sp³-hybridized carbons (Fsp3) is 0.222. The number of amides is 1. The minimum atomic E-state index is -0.176. The molecule has 5 heteroatoms. The molecule has 0 radical (unpaired) electrons. The number of fused-ring (bicyclic) bond motifs is 1. The van der Waals surface area contributed by atoms with E-state index in [1.807, 2.05) is 44.5 Å². The van der Waals surface area contributed by atoms with E-state index in [2.05, 4.69) is 34.1 Å². The van der Waals surface area contributed by atoms with Gasteiger partial charge in [0.25, 0.3) is 5.91 Å². The number of carbonyl (C=O) groups is 1. The first-order chi connectivity index (χ1) is 15.4. The molecule has 0 spiro atoms. The zero-order chi connectivity index (χ0) is 22.7. The van der Waals surface area contributed by atoms with Gasteiger partial charge in [-0.2, -0.15) is 0 Å². The predicted octanol–water partition coefficient (Wildman–Crippen LogP) is 5.76. The zero-order valence-electron chi connectivity index (χ0n) is 18.4. The van der Waals surface area contributed by atoms with Gasteiger partial charge < -0.3 is 5.32 Å². The number of nitrogens with one attached hydrogen (secondary N) is 1. The van der Waals surface area contributed by atoms with Crippen LogP contribution in [0.5, 0.6) is 0 Å². The molecule has 1 aliphatic rings. The van der Waals surface area contributed by atoms with Gasteiger partial charge in [-0.25, -0.2) is 0 Å². The number of carbonyl (C=O) groups excluding carboxylic acids is 1. The predicted molar refractivity (Wildman–Crippen MR) is 131 cm³/mol. The molecule has 160 valence electrons. The molecule has 0 fully saturated rings. The van der Waals surface area contributed by atoms with Crippen molar-refractivity contribution in [1.29, 1.82) is 0 Å². The Kier molecular flexibility index (Phi) is 6.39. The first kappa shape index (κ1) is 21.8. The van der Waals surface area contributed by atoms with E-state index in [1.54, 1.807) is 24.4 Å². The maximum Gasteiger partial charge on any atom is 0.255 e. The summed E-state index contributed by atoms with van der Waals surface area (Å²) in [5.74, 6) is 6.34. The molecule has 1 atom stereocenters. The van der Waals surface area contributed by atoms with Gasteiger partial charge in [-0.15, -0.1) is 0 Å². The summed E-state index contributed by atoms with van der Waals surface area (Å²) in [5, 5.41) is 3.57. The van der Waals surface area contributed by atoms with Crippen molar-refractivity contribution in [2.75, 3.05) is 5.32 Å². The minimum Gasteiger partial charge on any atom is -0.322 e. The Hall–Kier alpha value is -3.42. The molecule has 4 nitrogen and oxygen atoms in total. The minimum absolute atomic E-state index is 0.176. The van der Waals surface area contributed by atoms with E-state index < -0.39 is 0 Å². The lowest BCUT2D eigenvalue weighted by Gasteiger charge is -2.17. The van der Waals surface area contributed by atoms with E-state index in [0.717, 1.165) is 40.7 Å². The van der Waals surface area contributed by atoms with Crippen molar-refractivity contribution >= 4 is 29.4 Å². The average Bonchev–Trinajstić information content (AvgIpc) is 2.78. The molecular weight excluding hydrogens is 418 g/mol. The molecule has 4 rings (SSSR count). The topological polar surface area (TPSA) is 54.4 Å². The summed E-state index contributed by atoms with van der Waals surface area (Å²) in [5.41, 5.74) is 7.12. The first-order valence-electron chi connectivity index (χ1n) is 10.6. The van der Waals surface area contributed by atoms with Crippen molar-refractivity contribution in [1.82, 2.24) is 4.98 Å². The molecule has 0 saturated heterocycles. The number of pyridine rings is 1. The largest absolute Gasteiger partial charge is 0.322 e. The number of halogens is 1. The second kappa shape index (κ2) is 9.38. The maximum absolute atomic E-state index is 12.7. The molecule has 1 aromatic heterocycles. The second-order valence-corrected chi connectivity index (χ2v) is 8.43. The van der Waals surface area contributed by atoms with Gasteiger partial charge in [-0.3, -0.25) is 14.8 Å². The van der Waals surface area contributed by atoms with E-state index in [1.165, 1.54) is 5.56 Å². The normalized spacial score (nSPS) is 14.3. The smallest absolute Gasteiger partial charge is 0.255 e. The number of nitrogens with zero attached hydrogens (tertiary/aromatic N) is 2. The van der Waals surface area contributed by atoms with E-state index in [-0.39, 0.29) is 5.91 Å². The summed E-state index contributed by atoms with van der Waals surface area (Å²) in [4.78, 5) is 21.7. The van der Waals surface area contributed by atoms with Crippen LogP contribution in [0.2, 0.25) is 5.02 Å².